The van der Waals surface area contributed by atoms with Crippen molar-refractivity contribution < 1.29 is 24.6 Å². The summed E-state index contributed by atoms with van der Waals surface area (Å²) in [4.78, 5) is 37.7. The minimum Gasteiger partial charge on any atom is -0.479 e. The Morgan fingerprint density at radius 3 is 2.38 bits per heavy atom. The molecule has 2 amide bonds. The number of aliphatic carboxylic acids is 1. The second-order valence-electron chi connectivity index (χ2n) is 8.53. The van der Waals surface area contributed by atoms with Gasteiger partial charge < -0.3 is 20.4 Å². The molecule has 0 spiro atoms. The lowest BCUT2D eigenvalue weighted by Crippen LogP contribution is -2.49. The van der Waals surface area contributed by atoms with Crippen LogP contribution in [0.15, 0.2) is 48.5 Å². The molecule has 0 radical (unpaired) electrons. The van der Waals surface area contributed by atoms with E-state index < -0.39 is 36.1 Å². The Bertz CT molecular complexity index is 1030. The van der Waals surface area contributed by atoms with Gasteiger partial charge in [0.15, 0.2) is 6.10 Å². The summed E-state index contributed by atoms with van der Waals surface area (Å²) in [5.41, 5.74) is 8.27. The molecule has 2 unspecified atom stereocenters. The Hall–Kier alpha value is -2.98. The van der Waals surface area contributed by atoms with Gasteiger partial charge in [0.05, 0.1) is 0 Å². The first-order valence-corrected chi connectivity index (χ1v) is 11.3. The first-order valence-electron chi connectivity index (χ1n) is 10.9. The largest absolute Gasteiger partial charge is 0.479 e. The first kappa shape index (κ1) is 25.6. The highest BCUT2D eigenvalue weighted by molar-refractivity contribution is 6.31. The summed E-state index contributed by atoms with van der Waals surface area (Å²) in [6.07, 6.45) is -1.38. The molecule has 1 fully saturated rings. The van der Waals surface area contributed by atoms with Crippen LogP contribution in [0.25, 0.3) is 11.1 Å². The Balaban J connectivity index is 1.72. The van der Waals surface area contributed by atoms with Crippen molar-refractivity contribution in [3.63, 3.8) is 0 Å². The van der Waals surface area contributed by atoms with Crippen molar-refractivity contribution in [3.8, 4) is 11.1 Å². The van der Waals surface area contributed by atoms with Crippen LogP contribution >= 0.6 is 11.6 Å². The molecule has 1 aliphatic heterocycles. The molecule has 0 saturated carbocycles. The highest BCUT2D eigenvalue weighted by atomic mass is 35.5. The molecular formula is C24H29ClN4O5. The summed E-state index contributed by atoms with van der Waals surface area (Å²) in [6, 6.07) is 13.3. The van der Waals surface area contributed by atoms with E-state index >= 15 is 0 Å². The standard InChI is InChI=1S/C24H29ClN4O5/c1-29(2)23(32)20-13-19(27-28-20)22(31)26-17(12-21(30)24(33)34)10-16-9-8-15(11-18(16)25)14-6-4-3-5-7-14/h3-9,11,17,19-21,27-28,30H,10,12-13H2,1-2H3,(H,26,31)(H,33,34)/t17-,19?,20?,21-/m1/s1. The van der Waals surface area contributed by atoms with Crippen molar-refractivity contribution in [2.45, 2.75) is 43.5 Å². The molecule has 34 heavy (non-hydrogen) atoms. The van der Waals surface area contributed by atoms with Crippen molar-refractivity contribution in [3.05, 3.63) is 59.1 Å². The number of carbonyl (C=O) groups is 3. The van der Waals surface area contributed by atoms with Gasteiger partial charge in [-0.25, -0.2) is 15.6 Å². The molecule has 10 heteroatoms. The maximum absolute atomic E-state index is 12.9. The molecule has 4 atom stereocenters. The number of hydrazine groups is 1. The van der Waals surface area contributed by atoms with Crippen molar-refractivity contribution in [1.29, 1.82) is 0 Å². The average Bonchev–Trinajstić information content (AvgIpc) is 3.30. The minimum atomic E-state index is -1.65. The highest BCUT2D eigenvalue weighted by Crippen LogP contribution is 2.27. The van der Waals surface area contributed by atoms with Gasteiger partial charge in [-0.15, -0.1) is 0 Å². The van der Waals surface area contributed by atoms with Gasteiger partial charge in [-0.2, -0.15) is 0 Å². The van der Waals surface area contributed by atoms with Crippen LogP contribution in [0, 0.1) is 0 Å². The van der Waals surface area contributed by atoms with E-state index in [1.54, 1.807) is 14.1 Å². The van der Waals surface area contributed by atoms with Crippen LogP contribution in [0.5, 0.6) is 0 Å². The topological polar surface area (TPSA) is 131 Å². The quantitative estimate of drug-likeness (QED) is 0.358. The van der Waals surface area contributed by atoms with Gasteiger partial charge in [0, 0.05) is 31.6 Å². The predicted molar refractivity (Wildman–Crippen MR) is 128 cm³/mol. The first-order chi connectivity index (χ1) is 16.2. The fourth-order valence-corrected chi connectivity index (χ4v) is 4.11. The van der Waals surface area contributed by atoms with Crippen molar-refractivity contribution >= 4 is 29.4 Å². The molecule has 1 saturated heterocycles. The van der Waals surface area contributed by atoms with Gasteiger partial charge in [-0.3, -0.25) is 9.59 Å². The molecule has 0 aliphatic carbocycles. The third-order valence-corrected chi connectivity index (χ3v) is 6.08. The maximum Gasteiger partial charge on any atom is 0.332 e. The summed E-state index contributed by atoms with van der Waals surface area (Å²) >= 11 is 6.51. The molecule has 1 heterocycles. The molecule has 2 aromatic rings. The molecule has 1 aliphatic rings. The smallest absolute Gasteiger partial charge is 0.332 e. The number of nitrogens with zero attached hydrogens (tertiary/aromatic N) is 1. The molecule has 3 rings (SSSR count). The second-order valence-corrected chi connectivity index (χ2v) is 8.94. The number of hydrogen-bond donors (Lipinski definition) is 5. The fraction of sp³-hybridized carbons (Fsp3) is 0.375. The molecule has 182 valence electrons. The van der Waals surface area contributed by atoms with Crippen LogP contribution in [-0.2, 0) is 20.8 Å². The second kappa shape index (κ2) is 11.4. The minimum absolute atomic E-state index is 0.161. The van der Waals surface area contributed by atoms with E-state index in [9.17, 15) is 19.5 Å². The maximum atomic E-state index is 12.9. The number of carbonyl (C=O) groups excluding carboxylic acids is 2. The van der Waals surface area contributed by atoms with Crippen LogP contribution in [0.1, 0.15) is 18.4 Å². The number of aliphatic hydroxyl groups is 1. The number of halogens is 1. The number of amides is 2. The van der Waals surface area contributed by atoms with Gasteiger partial charge in [0.2, 0.25) is 11.8 Å². The zero-order valence-corrected chi connectivity index (χ0v) is 19.7. The third kappa shape index (κ3) is 6.54. The Kier molecular flexibility index (Phi) is 8.62. The number of aliphatic hydroxyl groups excluding tert-OH is 1. The fourth-order valence-electron chi connectivity index (χ4n) is 3.86. The molecular weight excluding hydrogens is 460 g/mol. The molecule has 0 aromatic heterocycles. The van der Waals surface area contributed by atoms with Crippen molar-refractivity contribution in [2.75, 3.05) is 14.1 Å². The zero-order valence-electron chi connectivity index (χ0n) is 19.0. The number of benzene rings is 2. The number of carboxylic acid groups (broad SMARTS) is 1. The summed E-state index contributed by atoms with van der Waals surface area (Å²) in [6.45, 7) is 0. The van der Waals surface area contributed by atoms with E-state index in [2.05, 4.69) is 16.2 Å². The van der Waals surface area contributed by atoms with E-state index in [0.29, 0.717) is 10.6 Å². The van der Waals surface area contributed by atoms with Gasteiger partial charge in [-0.05, 0) is 35.6 Å². The van der Waals surface area contributed by atoms with E-state index in [4.69, 9.17) is 16.7 Å². The molecule has 2 aromatic carbocycles. The Labute approximate surface area is 203 Å². The Morgan fingerprint density at radius 1 is 1.09 bits per heavy atom. The summed E-state index contributed by atoms with van der Waals surface area (Å²) in [5.74, 6) is -1.94. The van der Waals surface area contributed by atoms with E-state index in [0.717, 1.165) is 11.1 Å². The van der Waals surface area contributed by atoms with Crippen LogP contribution in [-0.4, -0.2) is 71.2 Å². The van der Waals surface area contributed by atoms with E-state index in [1.807, 2.05) is 48.5 Å². The number of nitrogens with one attached hydrogen (secondary N) is 3. The van der Waals surface area contributed by atoms with Gasteiger partial charge in [0.25, 0.3) is 0 Å². The SMILES string of the molecule is CN(C)C(=O)C1CC(C(=O)N[C@H](Cc2ccc(-c3ccccc3)cc2Cl)C[C@@H](O)C(=O)O)NN1. The van der Waals surface area contributed by atoms with Crippen molar-refractivity contribution in [2.24, 2.45) is 0 Å². The van der Waals surface area contributed by atoms with Crippen molar-refractivity contribution in [1.82, 2.24) is 21.1 Å². The van der Waals surface area contributed by atoms with Gasteiger partial charge >= 0.3 is 5.97 Å². The van der Waals surface area contributed by atoms with Crippen LogP contribution in [0.3, 0.4) is 0 Å². The van der Waals surface area contributed by atoms with Crippen LogP contribution in [0.2, 0.25) is 5.02 Å². The predicted octanol–water partition coefficient (Wildman–Crippen LogP) is 1.19. The number of hydrogen-bond acceptors (Lipinski definition) is 6. The van der Waals surface area contributed by atoms with Gasteiger partial charge in [0.1, 0.15) is 12.1 Å². The number of likely N-dealkylation sites (N-methyl/N-ethyl adjacent to an activating group) is 1. The summed E-state index contributed by atoms with van der Waals surface area (Å²) in [5, 5.41) is 22.4. The molecule has 9 nitrogen and oxygen atoms in total. The molecule has 0 bridgehead atoms. The van der Waals surface area contributed by atoms with E-state index in [-0.39, 0.29) is 25.2 Å². The Morgan fingerprint density at radius 2 is 1.76 bits per heavy atom. The number of carboxylic acids is 1. The zero-order chi connectivity index (χ0) is 24.8. The monoisotopic (exact) mass is 488 g/mol. The van der Waals surface area contributed by atoms with Crippen LogP contribution < -0.4 is 16.2 Å². The lowest BCUT2D eigenvalue weighted by Gasteiger charge is -2.23. The summed E-state index contributed by atoms with van der Waals surface area (Å²) in [7, 11) is 3.26. The third-order valence-electron chi connectivity index (χ3n) is 5.72. The van der Waals surface area contributed by atoms with E-state index in [1.165, 1.54) is 4.90 Å². The lowest BCUT2D eigenvalue weighted by atomic mass is 9.97. The highest BCUT2D eigenvalue weighted by Gasteiger charge is 2.35. The number of rotatable bonds is 9. The molecule has 5 N–H and O–H groups in total. The van der Waals surface area contributed by atoms with Crippen LogP contribution in [0.4, 0.5) is 0 Å². The average molecular weight is 489 g/mol. The summed E-state index contributed by atoms with van der Waals surface area (Å²) < 4.78 is 0. The van der Waals surface area contributed by atoms with Gasteiger partial charge in [-0.1, -0.05) is 54.1 Å². The normalized spacial score (nSPS) is 19.3. The lowest BCUT2D eigenvalue weighted by molar-refractivity contribution is -0.147.